The van der Waals surface area contributed by atoms with Crippen LogP contribution >= 0.6 is 0 Å². The summed E-state index contributed by atoms with van der Waals surface area (Å²) in [5, 5.41) is 14.1. The first-order chi connectivity index (χ1) is 10.4. The molecule has 0 unspecified atom stereocenters. The highest BCUT2D eigenvalue weighted by molar-refractivity contribution is 5.92. The maximum atomic E-state index is 12.5. The van der Waals surface area contributed by atoms with Crippen LogP contribution in [0.1, 0.15) is 33.7 Å². The zero-order chi connectivity index (χ0) is 15.9. The van der Waals surface area contributed by atoms with Gasteiger partial charge in [-0.05, 0) is 56.5 Å². The Hall–Kier alpha value is -2.14. The van der Waals surface area contributed by atoms with Crippen LogP contribution in [0.15, 0.2) is 24.3 Å². The molecule has 1 atom stereocenters. The molecule has 0 radical (unpaired) electrons. The highest BCUT2D eigenvalue weighted by atomic mass is 16.3. The number of aliphatic hydroxyl groups is 1. The average molecular weight is 299 g/mol. The molecule has 2 heterocycles. The number of aliphatic hydroxyl groups excluding tert-OH is 1. The molecule has 116 valence electrons. The lowest BCUT2D eigenvalue weighted by Crippen LogP contribution is -2.29. The van der Waals surface area contributed by atoms with Gasteiger partial charge in [0.1, 0.15) is 0 Å². The van der Waals surface area contributed by atoms with Gasteiger partial charge in [0.05, 0.1) is 11.8 Å². The molecule has 1 saturated heterocycles. The van der Waals surface area contributed by atoms with Crippen LogP contribution in [0.4, 0.5) is 0 Å². The number of hydrogen-bond donors (Lipinski definition) is 1. The number of benzene rings is 1. The van der Waals surface area contributed by atoms with Crippen molar-refractivity contribution < 1.29 is 9.90 Å². The monoisotopic (exact) mass is 299 g/mol. The van der Waals surface area contributed by atoms with Gasteiger partial charge < -0.3 is 10.0 Å². The van der Waals surface area contributed by atoms with Crippen LogP contribution in [0.2, 0.25) is 0 Å². The van der Waals surface area contributed by atoms with E-state index in [-0.39, 0.29) is 5.91 Å². The van der Waals surface area contributed by atoms with Gasteiger partial charge >= 0.3 is 0 Å². The first-order valence-corrected chi connectivity index (χ1v) is 7.57. The van der Waals surface area contributed by atoms with Gasteiger partial charge in [-0.15, -0.1) is 0 Å². The molecule has 0 saturated carbocycles. The lowest BCUT2D eigenvalue weighted by Gasteiger charge is -2.13. The quantitative estimate of drug-likeness (QED) is 0.923. The molecule has 1 aromatic carbocycles. The molecule has 0 bridgehead atoms. The van der Waals surface area contributed by atoms with Gasteiger partial charge in [0.2, 0.25) is 0 Å². The number of rotatable bonds is 2. The third-order valence-electron chi connectivity index (χ3n) is 4.01. The Morgan fingerprint density at radius 3 is 2.45 bits per heavy atom. The summed E-state index contributed by atoms with van der Waals surface area (Å²) in [5.41, 5.74) is 4.66. The summed E-state index contributed by atoms with van der Waals surface area (Å²) >= 11 is 0. The number of likely N-dealkylation sites (tertiary alicyclic amines) is 1. The highest BCUT2D eigenvalue weighted by Crippen LogP contribution is 2.18. The van der Waals surface area contributed by atoms with Crippen LogP contribution in [0, 0.1) is 20.8 Å². The Bertz CT molecular complexity index is 700. The predicted octanol–water partition coefficient (Wildman–Crippen LogP) is 2.00. The smallest absolute Gasteiger partial charge is 0.274 e. The Kier molecular flexibility index (Phi) is 3.74. The second kappa shape index (κ2) is 5.57. The van der Waals surface area contributed by atoms with Crippen LogP contribution in [0.3, 0.4) is 0 Å². The number of β-amino-alcohol motifs (C(OH)–C–C–N with tert-alkyl or cyclic N) is 1. The topological polar surface area (TPSA) is 58.4 Å². The standard InChI is InChI=1S/C17H21N3O2/c1-11-6-12(2)8-14(7-11)20-13(3)9-16(18-20)17(22)19-5-4-15(21)10-19/h6-9,15,21H,4-5,10H2,1-3H3/t15-/m1/s1. The van der Waals surface area contributed by atoms with E-state index in [1.165, 1.54) is 11.1 Å². The summed E-state index contributed by atoms with van der Waals surface area (Å²) < 4.78 is 1.81. The normalized spacial score (nSPS) is 18.0. The van der Waals surface area contributed by atoms with Crippen LogP contribution in [0.25, 0.3) is 5.69 Å². The Balaban J connectivity index is 1.92. The summed E-state index contributed by atoms with van der Waals surface area (Å²) in [7, 11) is 0. The molecule has 22 heavy (non-hydrogen) atoms. The fourth-order valence-electron chi connectivity index (χ4n) is 3.00. The van der Waals surface area contributed by atoms with Gasteiger partial charge in [-0.3, -0.25) is 4.79 Å². The van der Waals surface area contributed by atoms with Gasteiger partial charge in [-0.25, -0.2) is 4.68 Å². The van der Waals surface area contributed by atoms with E-state index in [9.17, 15) is 9.90 Å². The van der Waals surface area contributed by atoms with E-state index in [0.29, 0.717) is 25.2 Å². The van der Waals surface area contributed by atoms with Crippen LogP contribution < -0.4 is 0 Å². The lowest BCUT2D eigenvalue weighted by atomic mass is 10.1. The second-order valence-corrected chi connectivity index (χ2v) is 6.12. The van der Waals surface area contributed by atoms with E-state index < -0.39 is 6.10 Å². The van der Waals surface area contributed by atoms with Crippen molar-refractivity contribution in [1.82, 2.24) is 14.7 Å². The molecule has 5 nitrogen and oxygen atoms in total. The number of nitrogens with zero attached hydrogens (tertiary/aromatic N) is 3. The van der Waals surface area contributed by atoms with Crippen LogP contribution in [-0.2, 0) is 0 Å². The SMILES string of the molecule is Cc1cc(C)cc(-n2nc(C(=O)N3CC[C@@H](O)C3)cc2C)c1. The van der Waals surface area contributed by atoms with Crippen LogP contribution in [0.5, 0.6) is 0 Å². The van der Waals surface area contributed by atoms with Crippen molar-refractivity contribution in [3.8, 4) is 5.69 Å². The Morgan fingerprint density at radius 2 is 1.86 bits per heavy atom. The van der Waals surface area contributed by atoms with Crippen molar-refractivity contribution in [2.75, 3.05) is 13.1 Å². The molecule has 1 aliphatic rings. The van der Waals surface area contributed by atoms with E-state index in [0.717, 1.165) is 11.4 Å². The second-order valence-electron chi connectivity index (χ2n) is 6.12. The molecule has 2 aromatic rings. The van der Waals surface area contributed by atoms with Gasteiger partial charge in [0, 0.05) is 18.8 Å². The van der Waals surface area contributed by atoms with Gasteiger partial charge in [0.25, 0.3) is 5.91 Å². The number of aromatic nitrogens is 2. The molecule has 1 aliphatic heterocycles. The molecule has 5 heteroatoms. The minimum absolute atomic E-state index is 0.109. The molecule has 1 N–H and O–H groups in total. The highest BCUT2D eigenvalue weighted by Gasteiger charge is 2.27. The molecule has 0 aliphatic carbocycles. The number of hydrogen-bond acceptors (Lipinski definition) is 3. The largest absolute Gasteiger partial charge is 0.391 e. The lowest BCUT2D eigenvalue weighted by molar-refractivity contribution is 0.0759. The molecular weight excluding hydrogens is 278 g/mol. The van der Waals surface area contributed by atoms with E-state index in [1.807, 2.05) is 26.8 Å². The number of carbonyl (C=O) groups is 1. The molecule has 0 spiro atoms. The van der Waals surface area contributed by atoms with E-state index in [2.05, 4.69) is 23.3 Å². The number of aryl methyl sites for hydroxylation is 3. The third kappa shape index (κ3) is 2.76. The minimum Gasteiger partial charge on any atom is -0.391 e. The molecule has 1 fully saturated rings. The Labute approximate surface area is 130 Å². The molecular formula is C17H21N3O2. The zero-order valence-corrected chi connectivity index (χ0v) is 13.2. The van der Waals surface area contributed by atoms with Crippen molar-refractivity contribution in [1.29, 1.82) is 0 Å². The molecule has 1 aromatic heterocycles. The fraction of sp³-hybridized carbons (Fsp3) is 0.412. The zero-order valence-electron chi connectivity index (χ0n) is 13.2. The van der Waals surface area contributed by atoms with Crippen molar-refractivity contribution in [2.45, 2.75) is 33.3 Å². The maximum Gasteiger partial charge on any atom is 0.274 e. The van der Waals surface area contributed by atoms with E-state index >= 15 is 0 Å². The van der Waals surface area contributed by atoms with Gasteiger partial charge in [-0.1, -0.05) is 6.07 Å². The summed E-state index contributed by atoms with van der Waals surface area (Å²) in [6.45, 7) is 7.03. The fourth-order valence-corrected chi connectivity index (χ4v) is 3.00. The van der Waals surface area contributed by atoms with E-state index in [1.54, 1.807) is 9.58 Å². The first kappa shape index (κ1) is 14.8. The maximum absolute atomic E-state index is 12.5. The number of amides is 1. The van der Waals surface area contributed by atoms with Gasteiger partial charge in [0.15, 0.2) is 5.69 Å². The first-order valence-electron chi connectivity index (χ1n) is 7.57. The number of carbonyl (C=O) groups excluding carboxylic acids is 1. The summed E-state index contributed by atoms with van der Waals surface area (Å²) in [4.78, 5) is 14.1. The average Bonchev–Trinajstić information content (AvgIpc) is 3.03. The Morgan fingerprint density at radius 1 is 1.18 bits per heavy atom. The van der Waals surface area contributed by atoms with Gasteiger partial charge in [-0.2, -0.15) is 5.10 Å². The predicted molar refractivity (Wildman–Crippen MR) is 84.3 cm³/mol. The molecule has 1 amide bonds. The molecule has 3 rings (SSSR count). The minimum atomic E-state index is -0.411. The van der Waals surface area contributed by atoms with Crippen LogP contribution in [-0.4, -0.2) is 44.9 Å². The summed E-state index contributed by atoms with van der Waals surface area (Å²) in [6, 6.07) is 8.03. The van der Waals surface area contributed by atoms with Crippen molar-refractivity contribution in [3.05, 3.63) is 46.8 Å². The summed E-state index contributed by atoms with van der Waals surface area (Å²) in [5.74, 6) is -0.109. The summed E-state index contributed by atoms with van der Waals surface area (Å²) in [6.07, 6.45) is 0.231. The van der Waals surface area contributed by atoms with Crippen molar-refractivity contribution in [2.24, 2.45) is 0 Å². The third-order valence-corrected chi connectivity index (χ3v) is 4.01. The van der Waals surface area contributed by atoms with Crippen molar-refractivity contribution in [3.63, 3.8) is 0 Å². The van der Waals surface area contributed by atoms with Crippen molar-refractivity contribution >= 4 is 5.91 Å². The van der Waals surface area contributed by atoms with E-state index in [4.69, 9.17) is 0 Å².